The van der Waals surface area contributed by atoms with E-state index in [1.165, 1.54) is 45.9 Å². The summed E-state index contributed by atoms with van der Waals surface area (Å²) < 4.78 is 11.5. The van der Waals surface area contributed by atoms with E-state index in [2.05, 4.69) is 115 Å². The molecule has 6 heteroatoms. The zero-order valence-electron chi connectivity index (χ0n) is 27.0. The molecule has 0 aliphatic carbocycles. The van der Waals surface area contributed by atoms with Gasteiger partial charge in [0.15, 0.2) is 17.5 Å². The van der Waals surface area contributed by atoms with E-state index in [1.807, 2.05) is 47.7 Å². The molecule has 4 nitrogen and oxygen atoms in total. The molecule has 0 saturated heterocycles. The molecule has 7 aromatic carbocycles. The molecule has 0 aliphatic rings. The average Bonchev–Trinajstić information content (AvgIpc) is 3.88. The van der Waals surface area contributed by atoms with Gasteiger partial charge in [0, 0.05) is 73.4 Å². The van der Waals surface area contributed by atoms with E-state index in [1.54, 1.807) is 11.3 Å². The molecule has 0 spiro atoms. The fraction of sp³-hybridized carbons (Fsp3) is 0. The predicted octanol–water partition coefficient (Wildman–Crippen LogP) is 13.2. The number of aromatic nitrogens is 3. The first-order chi connectivity index (χ1) is 25.2. The minimum absolute atomic E-state index is 0.621. The zero-order valence-corrected chi connectivity index (χ0v) is 28.6. The van der Waals surface area contributed by atoms with Crippen molar-refractivity contribution in [3.63, 3.8) is 0 Å². The average molecular weight is 688 g/mol. The fourth-order valence-corrected chi connectivity index (χ4v) is 9.74. The Balaban J connectivity index is 1.11. The second-order valence-corrected chi connectivity index (χ2v) is 14.9. The molecule has 0 radical (unpaired) electrons. The quantitative estimate of drug-likeness (QED) is 0.185. The van der Waals surface area contributed by atoms with Gasteiger partial charge in [-0.05, 0) is 48.0 Å². The molecule has 4 heterocycles. The molecule has 0 atom stereocenters. The van der Waals surface area contributed by atoms with Gasteiger partial charge < -0.3 is 4.42 Å². The third kappa shape index (κ3) is 4.54. The van der Waals surface area contributed by atoms with Gasteiger partial charge >= 0.3 is 0 Å². The Bertz CT molecular complexity index is 3160. The van der Waals surface area contributed by atoms with Crippen LogP contribution in [-0.4, -0.2) is 15.0 Å². The standard InChI is InChI=1S/C45H25N3OS2/c1-2-10-26(11-3-1)43-46-44(48-45(47-43)28-20-22-31-29-12-4-6-18-38(29)50-40(31)25-28)27-21-23-36-35(24-27)41-32(14-9-17-37(41)49-36)34-16-8-15-33-30-13-5-7-19-39(30)51-42(33)34/h1-25H. The maximum Gasteiger partial charge on any atom is 0.164 e. The first-order valence-electron chi connectivity index (χ1n) is 16.8. The number of nitrogens with zero attached hydrogens (tertiary/aromatic N) is 3. The lowest BCUT2D eigenvalue weighted by molar-refractivity contribution is 0.669. The lowest BCUT2D eigenvalue weighted by Crippen LogP contribution is -2.00. The number of fused-ring (bicyclic) bond motifs is 9. The summed E-state index contributed by atoms with van der Waals surface area (Å²) >= 11 is 3.64. The van der Waals surface area contributed by atoms with Gasteiger partial charge in [-0.25, -0.2) is 15.0 Å². The number of thiophene rings is 2. The van der Waals surface area contributed by atoms with E-state index in [9.17, 15) is 0 Å². The van der Waals surface area contributed by atoms with Gasteiger partial charge in [0.25, 0.3) is 0 Å². The maximum atomic E-state index is 6.48. The topological polar surface area (TPSA) is 51.8 Å². The molecule has 0 bridgehead atoms. The molecule has 0 saturated carbocycles. The molecule has 0 N–H and O–H groups in total. The van der Waals surface area contributed by atoms with Gasteiger partial charge in [0.05, 0.1) is 0 Å². The summed E-state index contributed by atoms with van der Waals surface area (Å²) in [5, 5.41) is 7.21. The summed E-state index contributed by atoms with van der Waals surface area (Å²) in [5.74, 6) is 1.91. The summed E-state index contributed by atoms with van der Waals surface area (Å²) in [4.78, 5) is 15.2. The van der Waals surface area contributed by atoms with Crippen LogP contribution in [0.25, 0.3) is 108 Å². The Morgan fingerprint density at radius 1 is 0.373 bits per heavy atom. The minimum atomic E-state index is 0.621. The smallest absolute Gasteiger partial charge is 0.164 e. The maximum absolute atomic E-state index is 6.48. The summed E-state index contributed by atoms with van der Waals surface area (Å²) in [7, 11) is 0. The molecule has 0 fully saturated rings. The minimum Gasteiger partial charge on any atom is -0.456 e. The highest BCUT2D eigenvalue weighted by molar-refractivity contribution is 7.26. The summed E-state index contributed by atoms with van der Waals surface area (Å²) in [6, 6.07) is 53.1. The van der Waals surface area contributed by atoms with Crippen molar-refractivity contribution >= 4 is 85.0 Å². The molecular formula is C45H25N3OS2. The number of rotatable bonds is 4. The fourth-order valence-electron chi connectivity index (χ4n) is 7.37. The van der Waals surface area contributed by atoms with E-state index in [-0.39, 0.29) is 0 Å². The monoisotopic (exact) mass is 687 g/mol. The molecule has 0 aliphatic heterocycles. The zero-order chi connectivity index (χ0) is 33.5. The third-order valence-electron chi connectivity index (χ3n) is 9.75. The second-order valence-electron chi connectivity index (χ2n) is 12.8. The first kappa shape index (κ1) is 28.6. The molecule has 11 rings (SSSR count). The summed E-state index contributed by atoms with van der Waals surface area (Å²) in [6.45, 7) is 0. The van der Waals surface area contributed by atoms with Crippen LogP contribution in [0.15, 0.2) is 156 Å². The van der Waals surface area contributed by atoms with E-state index in [0.717, 1.165) is 44.2 Å². The largest absolute Gasteiger partial charge is 0.456 e. The highest BCUT2D eigenvalue weighted by Crippen LogP contribution is 2.44. The number of hydrogen-bond acceptors (Lipinski definition) is 6. The first-order valence-corrected chi connectivity index (χ1v) is 18.5. The summed E-state index contributed by atoms with van der Waals surface area (Å²) in [5.41, 5.74) is 6.86. The van der Waals surface area contributed by atoms with Crippen LogP contribution in [-0.2, 0) is 0 Å². The third-order valence-corrected chi connectivity index (χ3v) is 12.1. The van der Waals surface area contributed by atoms with Crippen LogP contribution >= 0.6 is 22.7 Å². The van der Waals surface area contributed by atoms with Crippen molar-refractivity contribution in [3.05, 3.63) is 152 Å². The predicted molar refractivity (Wildman–Crippen MR) is 215 cm³/mol. The van der Waals surface area contributed by atoms with Crippen LogP contribution < -0.4 is 0 Å². The SMILES string of the molecule is c1ccc(-c2nc(-c3ccc4c(c3)sc3ccccc34)nc(-c3ccc4oc5cccc(-c6cccc7c6sc6ccccc67)c5c4c3)n2)cc1. The van der Waals surface area contributed by atoms with Gasteiger partial charge in [0.1, 0.15) is 11.2 Å². The van der Waals surface area contributed by atoms with Crippen molar-refractivity contribution in [2.75, 3.05) is 0 Å². The van der Waals surface area contributed by atoms with Gasteiger partial charge in [-0.3, -0.25) is 0 Å². The highest BCUT2D eigenvalue weighted by Gasteiger charge is 2.19. The Morgan fingerprint density at radius 2 is 0.980 bits per heavy atom. The Kier molecular flexibility index (Phi) is 6.26. The Labute approximate surface area is 299 Å². The van der Waals surface area contributed by atoms with E-state index in [4.69, 9.17) is 19.4 Å². The molecule has 0 unspecified atom stereocenters. The van der Waals surface area contributed by atoms with Gasteiger partial charge in [-0.15, -0.1) is 22.7 Å². The molecule has 11 aromatic rings. The van der Waals surface area contributed by atoms with Crippen molar-refractivity contribution in [2.24, 2.45) is 0 Å². The molecule has 51 heavy (non-hydrogen) atoms. The van der Waals surface area contributed by atoms with Crippen molar-refractivity contribution in [1.29, 1.82) is 0 Å². The van der Waals surface area contributed by atoms with Crippen LogP contribution in [0.5, 0.6) is 0 Å². The number of furan rings is 1. The molecular weight excluding hydrogens is 663 g/mol. The van der Waals surface area contributed by atoms with Gasteiger partial charge in [0.2, 0.25) is 0 Å². The second kappa shape index (κ2) is 11.2. The highest BCUT2D eigenvalue weighted by atomic mass is 32.1. The molecule has 4 aromatic heterocycles. The van der Waals surface area contributed by atoms with Crippen LogP contribution in [0.2, 0.25) is 0 Å². The Morgan fingerprint density at radius 3 is 1.80 bits per heavy atom. The molecule has 0 amide bonds. The van der Waals surface area contributed by atoms with E-state index < -0.39 is 0 Å². The number of benzene rings is 7. The van der Waals surface area contributed by atoms with Crippen LogP contribution in [0.1, 0.15) is 0 Å². The normalized spacial score (nSPS) is 11.9. The number of hydrogen-bond donors (Lipinski definition) is 0. The lowest BCUT2D eigenvalue weighted by Gasteiger charge is -2.09. The van der Waals surface area contributed by atoms with E-state index >= 15 is 0 Å². The van der Waals surface area contributed by atoms with Gasteiger partial charge in [-0.2, -0.15) is 0 Å². The summed E-state index contributed by atoms with van der Waals surface area (Å²) in [6.07, 6.45) is 0. The van der Waals surface area contributed by atoms with E-state index in [0.29, 0.717) is 17.5 Å². The lowest BCUT2D eigenvalue weighted by atomic mass is 9.97. The molecule has 238 valence electrons. The van der Waals surface area contributed by atoms with Crippen LogP contribution in [0.4, 0.5) is 0 Å². The van der Waals surface area contributed by atoms with Crippen molar-refractivity contribution in [1.82, 2.24) is 15.0 Å². The van der Waals surface area contributed by atoms with Gasteiger partial charge in [-0.1, -0.05) is 109 Å². The van der Waals surface area contributed by atoms with Crippen LogP contribution in [0.3, 0.4) is 0 Å². The Hall–Kier alpha value is -6.21. The van der Waals surface area contributed by atoms with Crippen molar-refractivity contribution in [2.45, 2.75) is 0 Å². The van der Waals surface area contributed by atoms with Crippen LogP contribution in [0, 0.1) is 0 Å². The van der Waals surface area contributed by atoms with Crippen molar-refractivity contribution in [3.8, 4) is 45.3 Å². The van der Waals surface area contributed by atoms with Crippen molar-refractivity contribution < 1.29 is 4.42 Å².